The SMILES string of the molecule is CCN(CCCC(CC)(CO)NC1CC1)C(C)C. The van der Waals surface area contributed by atoms with Crippen molar-refractivity contribution in [2.24, 2.45) is 0 Å². The van der Waals surface area contributed by atoms with Crippen molar-refractivity contribution in [3.05, 3.63) is 0 Å². The van der Waals surface area contributed by atoms with Gasteiger partial charge >= 0.3 is 0 Å². The van der Waals surface area contributed by atoms with Gasteiger partial charge in [-0.3, -0.25) is 0 Å². The van der Waals surface area contributed by atoms with Crippen LogP contribution in [0.5, 0.6) is 0 Å². The minimum absolute atomic E-state index is 0.0302. The van der Waals surface area contributed by atoms with Gasteiger partial charge in [0.2, 0.25) is 0 Å². The lowest BCUT2D eigenvalue weighted by atomic mass is 9.90. The molecule has 0 bridgehead atoms. The van der Waals surface area contributed by atoms with Gasteiger partial charge < -0.3 is 15.3 Å². The van der Waals surface area contributed by atoms with E-state index in [-0.39, 0.29) is 12.1 Å². The van der Waals surface area contributed by atoms with Crippen LogP contribution in [0.25, 0.3) is 0 Å². The summed E-state index contributed by atoms with van der Waals surface area (Å²) < 4.78 is 0. The summed E-state index contributed by atoms with van der Waals surface area (Å²) in [4.78, 5) is 2.49. The molecule has 1 fully saturated rings. The molecule has 2 N–H and O–H groups in total. The Hall–Kier alpha value is -0.120. The fraction of sp³-hybridized carbons (Fsp3) is 1.00. The molecule has 3 heteroatoms. The molecule has 0 aromatic carbocycles. The number of hydrogen-bond donors (Lipinski definition) is 2. The standard InChI is InChI=1S/C15H32N2O/c1-5-15(12-18,16-14-8-9-14)10-7-11-17(6-2)13(3)4/h13-14,16,18H,5-12H2,1-4H3. The number of aliphatic hydroxyl groups is 1. The van der Waals surface area contributed by atoms with Crippen LogP contribution in [0.4, 0.5) is 0 Å². The second-order valence-corrected chi connectivity index (χ2v) is 6.04. The van der Waals surface area contributed by atoms with E-state index in [9.17, 15) is 5.11 Å². The smallest absolute Gasteiger partial charge is 0.0613 e. The quantitative estimate of drug-likeness (QED) is 0.630. The van der Waals surface area contributed by atoms with Gasteiger partial charge in [-0.1, -0.05) is 13.8 Å². The molecule has 0 saturated heterocycles. The first-order valence-electron chi connectivity index (χ1n) is 7.69. The van der Waals surface area contributed by atoms with Crippen LogP contribution in [-0.2, 0) is 0 Å². The average Bonchev–Trinajstić information content (AvgIpc) is 3.16. The number of aliphatic hydroxyl groups excluding tert-OH is 1. The van der Waals surface area contributed by atoms with Gasteiger partial charge in [0.25, 0.3) is 0 Å². The van der Waals surface area contributed by atoms with Crippen molar-refractivity contribution in [2.45, 2.75) is 77.4 Å². The Labute approximate surface area is 113 Å². The third kappa shape index (κ3) is 4.87. The summed E-state index contributed by atoms with van der Waals surface area (Å²) in [5, 5.41) is 13.4. The summed E-state index contributed by atoms with van der Waals surface area (Å²) in [5.74, 6) is 0. The monoisotopic (exact) mass is 256 g/mol. The summed E-state index contributed by atoms with van der Waals surface area (Å²) in [6.45, 7) is 11.4. The third-order valence-electron chi connectivity index (χ3n) is 4.30. The van der Waals surface area contributed by atoms with Gasteiger partial charge in [0.15, 0.2) is 0 Å². The predicted molar refractivity (Wildman–Crippen MR) is 77.9 cm³/mol. The van der Waals surface area contributed by atoms with E-state index in [0.29, 0.717) is 12.1 Å². The van der Waals surface area contributed by atoms with Crippen LogP contribution in [0.3, 0.4) is 0 Å². The minimum Gasteiger partial charge on any atom is -0.394 e. The van der Waals surface area contributed by atoms with Crippen molar-refractivity contribution in [1.29, 1.82) is 0 Å². The summed E-state index contributed by atoms with van der Waals surface area (Å²) in [6, 6.07) is 1.29. The second kappa shape index (κ2) is 7.46. The molecule has 108 valence electrons. The first-order chi connectivity index (χ1) is 8.56. The van der Waals surface area contributed by atoms with Crippen LogP contribution in [0, 0.1) is 0 Å². The van der Waals surface area contributed by atoms with E-state index < -0.39 is 0 Å². The van der Waals surface area contributed by atoms with Crippen LogP contribution in [0.15, 0.2) is 0 Å². The molecular weight excluding hydrogens is 224 g/mol. The van der Waals surface area contributed by atoms with Crippen molar-refractivity contribution < 1.29 is 5.11 Å². The molecule has 1 aliphatic rings. The maximum absolute atomic E-state index is 9.71. The van der Waals surface area contributed by atoms with Crippen molar-refractivity contribution in [1.82, 2.24) is 10.2 Å². The van der Waals surface area contributed by atoms with Gasteiger partial charge in [-0.05, 0) is 59.0 Å². The summed E-state index contributed by atoms with van der Waals surface area (Å²) >= 11 is 0. The maximum Gasteiger partial charge on any atom is 0.0613 e. The van der Waals surface area contributed by atoms with E-state index >= 15 is 0 Å². The van der Waals surface area contributed by atoms with Gasteiger partial charge in [-0.25, -0.2) is 0 Å². The predicted octanol–water partition coefficient (Wildman–Crippen LogP) is 2.39. The van der Waals surface area contributed by atoms with Gasteiger partial charge in [0, 0.05) is 17.6 Å². The lowest BCUT2D eigenvalue weighted by Crippen LogP contribution is -2.49. The molecule has 1 saturated carbocycles. The second-order valence-electron chi connectivity index (χ2n) is 6.04. The van der Waals surface area contributed by atoms with Gasteiger partial charge in [0.1, 0.15) is 0 Å². The number of nitrogens with one attached hydrogen (secondary N) is 1. The summed E-state index contributed by atoms with van der Waals surface area (Å²) in [7, 11) is 0. The zero-order valence-corrected chi connectivity index (χ0v) is 12.7. The fourth-order valence-electron chi connectivity index (χ4n) is 2.65. The zero-order chi connectivity index (χ0) is 13.6. The Morgan fingerprint density at radius 3 is 2.39 bits per heavy atom. The van der Waals surface area contributed by atoms with E-state index in [1.54, 1.807) is 0 Å². The molecule has 0 radical (unpaired) electrons. The Morgan fingerprint density at radius 2 is 2.00 bits per heavy atom. The van der Waals surface area contributed by atoms with Crippen LogP contribution >= 0.6 is 0 Å². The van der Waals surface area contributed by atoms with E-state index in [0.717, 1.165) is 25.9 Å². The molecule has 3 nitrogen and oxygen atoms in total. The van der Waals surface area contributed by atoms with E-state index in [1.165, 1.54) is 19.3 Å². The molecule has 0 heterocycles. The van der Waals surface area contributed by atoms with Crippen molar-refractivity contribution >= 4 is 0 Å². The van der Waals surface area contributed by atoms with Gasteiger partial charge in [-0.2, -0.15) is 0 Å². The van der Waals surface area contributed by atoms with E-state index in [4.69, 9.17) is 0 Å². The molecule has 1 atom stereocenters. The average molecular weight is 256 g/mol. The first-order valence-corrected chi connectivity index (χ1v) is 7.69. The van der Waals surface area contributed by atoms with Crippen LogP contribution in [-0.4, -0.2) is 47.3 Å². The molecule has 0 aromatic rings. The number of nitrogens with zero attached hydrogens (tertiary/aromatic N) is 1. The molecule has 1 unspecified atom stereocenters. The Morgan fingerprint density at radius 1 is 1.33 bits per heavy atom. The summed E-state index contributed by atoms with van der Waals surface area (Å²) in [5.41, 5.74) is -0.0302. The molecule has 0 amide bonds. The van der Waals surface area contributed by atoms with Crippen LogP contribution in [0.1, 0.15) is 59.8 Å². The highest BCUT2D eigenvalue weighted by molar-refractivity contribution is 4.94. The molecule has 0 aromatic heterocycles. The molecule has 0 aliphatic heterocycles. The van der Waals surface area contributed by atoms with Crippen LogP contribution < -0.4 is 5.32 Å². The summed E-state index contributed by atoms with van der Waals surface area (Å²) in [6.07, 6.45) is 5.84. The Balaban J connectivity index is 2.36. The van der Waals surface area contributed by atoms with E-state index in [2.05, 4.69) is 37.9 Å². The maximum atomic E-state index is 9.71. The first kappa shape index (κ1) is 15.9. The molecular formula is C15H32N2O. The highest BCUT2D eigenvalue weighted by atomic mass is 16.3. The van der Waals surface area contributed by atoms with Gasteiger partial charge in [-0.15, -0.1) is 0 Å². The fourth-order valence-corrected chi connectivity index (χ4v) is 2.65. The Kier molecular flexibility index (Phi) is 6.61. The molecule has 1 aliphatic carbocycles. The Bertz CT molecular complexity index is 223. The van der Waals surface area contributed by atoms with Crippen molar-refractivity contribution in [3.63, 3.8) is 0 Å². The minimum atomic E-state index is -0.0302. The highest BCUT2D eigenvalue weighted by Gasteiger charge is 2.33. The van der Waals surface area contributed by atoms with Crippen molar-refractivity contribution in [2.75, 3.05) is 19.7 Å². The lowest BCUT2D eigenvalue weighted by molar-refractivity contribution is 0.133. The molecule has 0 spiro atoms. The van der Waals surface area contributed by atoms with E-state index in [1.807, 2.05) is 0 Å². The molecule has 18 heavy (non-hydrogen) atoms. The third-order valence-corrected chi connectivity index (χ3v) is 4.30. The molecule has 1 rings (SSSR count). The highest BCUT2D eigenvalue weighted by Crippen LogP contribution is 2.26. The topological polar surface area (TPSA) is 35.5 Å². The van der Waals surface area contributed by atoms with Gasteiger partial charge in [0.05, 0.1) is 6.61 Å². The largest absolute Gasteiger partial charge is 0.394 e. The number of hydrogen-bond acceptors (Lipinski definition) is 3. The van der Waals surface area contributed by atoms with Crippen LogP contribution in [0.2, 0.25) is 0 Å². The van der Waals surface area contributed by atoms with Crippen molar-refractivity contribution in [3.8, 4) is 0 Å². The number of rotatable bonds is 10. The normalized spacial score (nSPS) is 19.5. The zero-order valence-electron chi connectivity index (χ0n) is 12.7. The lowest BCUT2D eigenvalue weighted by Gasteiger charge is -2.34.